The molecule has 146 valence electrons. The number of hydrogen-bond donors (Lipinski definition) is 2. The third-order valence-corrected chi connectivity index (χ3v) is 4.48. The highest BCUT2D eigenvalue weighted by Crippen LogP contribution is 2.25. The molecule has 0 spiro atoms. The van der Waals surface area contributed by atoms with Gasteiger partial charge in [0, 0.05) is 18.0 Å². The Labute approximate surface area is 166 Å². The van der Waals surface area contributed by atoms with Crippen LogP contribution in [-0.2, 0) is 9.47 Å². The van der Waals surface area contributed by atoms with Gasteiger partial charge in [0.25, 0.3) is 0 Å². The van der Waals surface area contributed by atoms with Gasteiger partial charge in [-0.1, -0.05) is 24.3 Å². The van der Waals surface area contributed by atoms with Gasteiger partial charge >= 0.3 is 0 Å². The second-order valence-corrected chi connectivity index (χ2v) is 6.80. The number of phenolic OH excluding ortho intramolecular Hbond substituents is 1. The number of ether oxygens (including phenoxy) is 2. The van der Waals surface area contributed by atoms with Crippen LogP contribution in [0.2, 0.25) is 0 Å². The van der Waals surface area contributed by atoms with Gasteiger partial charge in [0.05, 0.1) is 12.7 Å². The monoisotopic (exact) mass is 378 g/mol. The molecule has 1 unspecified atom stereocenters. The fourth-order valence-electron chi connectivity index (χ4n) is 2.90. The number of rotatable bonds is 4. The lowest BCUT2D eigenvalue weighted by Crippen LogP contribution is -2.08. The molecular formula is C23H26N2O3. The van der Waals surface area contributed by atoms with E-state index in [0.717, 1.165) is 33.7 Å². The van der Waals surface area contributed by atoms with E-state index < -0.39 is 0 Å². The molecule has 0 aliphatic carbocycles. The maximum absolute atomic E-state index is 9.67. The van der Waals surface area contributed by atoms with E-state index >= 15 is 0 Å². The Kier molecular flexibility index (Phi) is 6.63. The Morgan fingerprint density at radius 1 is 1.29 bits per heavy atom. The summed E-state index contributed by atoms with van der Waals surface area (Å²) in [6.07, 6.45) is 9.83. The van der Waals surface area contributed by atoms with Crippen molar-refractivity contribution in [1.29, 1.82) is 0 Å². The molecule has 1 aliphatic rings. The molecule has 0 saturated carbocycles. The molecule has 2 N–H and O–H groups in total. The normalized spacial score (nSPS) is 21.0. The molecule has 5 nitrogen and oxygen atoms in total. The second kappa shape index (κ2) is 9.35. The van der Waals surface area contributed by atoms with Crippen molar-refractivity contribution in [3.63, 3.8) is 0 Å². The summed E-state index contributed by atoms with van der Waals surface area (Å²) in [5, 5.41) is 13.0. The average molecular weight is 378 g/mol. The topological polar surface area (TPSA) is 63.6 Å². The van der Waals surface area contributed by atoms with Crippen molar-refractivity contribution in [2.45, 2.75) is 26.9 Å². The number of anilines is 1. The van der Waals surface area contributed by atoms with E-state index in [-0.39, 0.29) is 11.9 Å². The van der Waals surface area contributed by atoms with Crippen molar-refractivity contribution >= 4 is 5.82 Å². The molecule has 0 fully saturated rings. The number of nitrogens with zero attached hydrogens (tertiary/aromatic N) is 1. The predicted octanol–water partition coefficient (Wildman–Crippen LogP) is 4.95. The maximum atomic E-state index is 9.67. The van der Waals surface area contributed by atoms with Gasteiger partial charge in [-0.25, -0.2) is 4.98 Å². The molecule has 1 aromatic heterocycles. The predicted molar refractivity (Wildman–Crippen MR) is 112 cm³/mol. The molecule has 1 atom stereocenters. The number of allylic oxidation sites excluding steroid dienone is 3. The summed E-state index contributed by atoms with van der Waals surface area (Å²) < 4.78 is 10.9. The Hall–Kier alpha value is -2.89. The summed E-state index contributed by atoms with van der Waals surface area (Å²) in [5.41, 5.74) is 5.08. The first-order valence-corrected chi connectivity index (χ1v) is 9.30. The number of aromatic hydroxyl groups is 1. The fraction of sp³-hybridized carbons (Fsp3) is 0.261. The van der Waals surface area contributed by atoms with Gasteiger partial charge in [0.2, 0.25) is 0 Å². The zero-order chi connectivity index (χ0) is 19.9. The molecule has 0 saturated heterocycles. The standard InChI is InChI=1S/C23H26N2O3/c1-16-10-21(20-6-4-8-22(26)12-20)14-25-23(16)24-13-17(2)19-7-5-9-27-15-28-18(3)11-19/h4-8,10-14,18,26H,9,15H2,1-3H3,(H,24,25)/b7-5-,17-13+,19-11+. The Morgan fingerprint density at radius 3 is 2.93 bits per heavy atom. The van der Waals surface area contributed by atoms with E-state index in [1.54, 1.807) is 18.3 Å². The molecule has 0 bridgehead atoms. The molecule has 28 heavy (non-hydrogen) atoms. The molecule has 5 heteroatoms. The lowest BCUT2D eigenvalue weighted by atomic mass is 10.1. The second-order valence-electron chi connectivity index (χ2n) is 6.80. The Balaban J connectivity index is 1.77. The van der Waals surface area contributed by atoms with Crippen LogP contribution in [0.5, 0.6) is 5.75 Å². The summed E-state index contributed by atoms with van der Waals surface area (Å²) >= 11 is 0. The van der Waals surface area contributed by atoms with Crippen LogP contribution in [0.1, 0.15) is 19.4 Å². The van der Waals surface area contributed by atoms with Crippen molar-refractivity contribution in [2.75, 3.05) is 18.7 Å². The number of hydrogen-bond acceptors (Lipinski definition) is 5. The van der Waals surface area contributed by atoms with Crippen molar-refractivity contribution in [3.8, 4) is 16.9 Å². The molecule has 0 amide bonds. The van der Waals surface area contributed by atoms with Crippen LogP contribution in [0.4, 0.5) is 5.82 Å². The highest BCUT2D eigenvalue weighted by Gasteiger charge is 2.06. The third-order valence-electron chi connectivity index (χ3n) is 4.48. The van der Waals surface area contributed by atoms with E-state index in [0.29, 0.717) is 13.4 Å². The largest absolute Gasteiger partial charge is 0.508 e. The number of phenols is 1. The molecule has 3 rings (SSSR count). The number of nitrogens with one attached hydrogen (secondary N) is 1. The molecule has 2 aromatic rings. The lowest BCUT2D eigenvalue weighted by molar-refractivity contribution is -0.0611. The molecule has 2 heterocycles. The first-order chi connectivity index (χ1) is 13.5. The van der Waals surface area contributed by atoms with Crippen LogP contribution >= 0.6 is 0 Å². The van der Waals surface area contributed by atoms with E-state index in [2.05, 4.69) is 22.4 Å². The minimum atomic E-state index is -0.0254. The highest BCUT2D eigenvalue weighted by molar-refractivity contribution is 5.67. The highest BCUT2D eigenvalue weighted by atomic mass is 16.7. The smallest absolute Gasteiger partial charge is 0.147 e. The van der Waals surface area contributed by atoms with Crippen LogP contribution in [0.3, 0.4) is 0 Å². The molecule has 0 radical (unpaired) electrons. The van der Waals surface area contributed by atoms with Gasteiger partial charge in [-0.3, -0.25) is 0 Å². The zero-order valence-corrected chi connectivity index (χ0v) is 16.5. The first kappa shape index (κ1) is 19.9. The van der Waals surface area contributed by atoms with Crippen LogP contribution in [0.25, 0.3) is 11.1 Å². The zero-order valence-electron chi connectivity index (χ0n) is 16.5. The van der Waals surface area contributed by atoms with Crippen molar-refractivity contribution in [3.05, 3.63) is 77.7 Å². The van der Waals surface area contributed by atoms with E-state index in [1.807, 2.05) is 51.3 Å². The summed E-state index contributed by atoms with van der Waals surface area (Å²) in [7, 11) is 0. The molecule has 1 aliphatic heterocycles. The lowest BCUT2D eigenvalue weighted by Gasteiger charge is -2.11. The summed E-state index contributed by atoms with van der Waals surface area (Å²) in [5.74, 6) is 1.04. The van der Waals surface area contributed by atoms with Crippen molar-refractivity contribution < 1.29 is 14.6 Å². The maximum Gasteiger partial charge on any atom is 0.147 e. The van der Waals surface area contributed by atoms with Gasteiger partial charge in [0.15, 0.2) is 0 Å². The number of aromatic nitrogens is 1. The number of benzene rings is 1. The Bertz CT molecular complexity index is 916. The Morgan fingerprint density at radius 2 is 2.14 bits per heavy atom. The van der Waals surface area contributed by atoms with Crippen LogP contribution in [0.15, 0.2) is 72.1 Å². The summed E-state index contributed by atoms with van der Waals surface area (Å²) in [4.78, 5) is 4.55. The van der Waals surface area contributed by atoms with Crippen molar-refractivity contribution in [2.24, 2.45) is 0 Å². The molecule has 1 aromatic carbocycles. The number of pyridine rings is 1. The number of aryl methyl sites for hydroxylation is 1. The quantitative estimate of drug-likeness (QED) is 0.788. The van der Waals surface area contributed by atoms with Gasteiger partial charge in [-0.15, -0.1) is 0 Å². The van der Waals surface area contributed by atoms with E-state index in [1.165, 1.54) is 0 Å². The van der Waals surface area contributed by atoms with Crippen LogP contribution < -0.4 is 5.32 Å². The van der Waals surface area contributed by atoms with Gasteiger partial charge in [-0.05, 0) is 67.3 Å². The summed E-state index contributed by atoms with van der Waals surface area (Å²) in [6.45, 7) is 6.88. The van der Waals surface area contributed by atoms with Crippen molar-refractivity contribution in [1.82, 2.24) is 4.98 Å². The van der Waals surface area contributed by atoms with Gasteiger partial charge < -0.3 is 19.9 Å². The minimum absolute atomic E-state index is 0.0254. The van der Waals surface area contributed by atoms with Crippen LogP contribution in [-0.4, -0.2) is 29.6 Å². The SMILES string of the molecule is CC(=C\Nc1ncc(-c2cccc(O)c2)cc1C)/C1=C/C(C)OCOC/C=C\1. The third kappa shape index (κ3) is 5.31. The fourth-order valence-corrected chi connectivity index (χ4v) is 2.90. The van der Waals surface area contributed by atoms with Gasteiger partial charge in [0.1, 0.15) is 18.4 Å². The molecular weight excluding hydrogens is 352 g/mol. The first-order valence-electron chi connectivity index (χ1n) is 9.30. The van der Waals surface area contributed by atoms with E-state index in [4.69, 9.17) is 9.47 Å². The summed E-state index contributed by atoms with van der Waals surface area (Å²) in [6, 6.07) is 9.23. The average Bonchev–Trinajstić information content (AvgIpc) is 2.78. The van der Waals surface area contributed by atoms with Gasteiger partial charge in [-0.2, -0.15) is 0 Å². The van der Waals surface area contributed by atoms with E-state index in [9.17, 15) is 5.11 Å². The van der Waals surface area contributed by atoms with Crippen LogP contribution in [0, 0.1) is 6.92 Å². The minimum Gasteiger partial charge on any atom is -0.508 e.